The Morgan fingerprint density at radius 2 is 1.71 bits per heavy atom. The molecule has 1 amide bonds. The van der Waals surface area contributed by atoms with Gasteiger partial charge in [-0.25, -0.2) is 8.78 Å². The van der Waals surface area contributed by atoms with Crippen LogP contribution in [0, 0.1) is 18.6 Å². The quantitative estimate of drug-likeness (QED) is 0.903. The van der Waals surface area contributed by atoms with Crippen LogP contribution in [-0.4, -0.2) is 11.9 Å². The summed E-state index contributed by atoms with van der Waals surface area (Å²) in [5, 5.41) is 2.73. The fourth-order valence-corrected chi connectivity index (χ4v) is 2.78. The highest BCUT2D eigenvalue weighted by molar-refractivity contribution is 5.95. The van der Waals surface area contributed by atoms with Crippen LogP contribution in [0.5, 0.6) is 0 Å². The van der Waals surface area contributed by atoms with Gasteiger partial charge in [-0.15, -0.1) is 0 Å². The summed E-state index contributed by atoms with van der Waals surface area (Å²) in [5.41, 5.74) is 2.11. The summed E-state index contributed by atoms with van der Waals surface area (Å²) in [5.74, 6) is -2.30. The lowest BCUT2D eigenvalue weighted by Crippen LogP contribution is -2.36. The molecule has 0 aromatic heterocycles. The number of aryl methyl sites for hydroxylation is 1. The van der Waals surface area contributed by atoms with Gasteiger partial charge in [0.1, 0.15) is 17.2 Å². The Kier molecular flexibility index (Phi) is 3.45. The first-order valence-electron chi connectivity index (χ1n) is 6.88. The molecule has 0 atom stereocenters. The maximum absolute atomic E-state index is 13.9. The number of fused-ring (bicyclic) bond motifs is 1. The van der Waals surface area contributed by atoms with Gasteiger partial charge in [0.25, 0.3) is 5.91 Å². The van der Waals surface area contributed by atoms with Gasteiger partial charge in [0.05, 0.1) is 0 Å². The van der Waals surface area contributed by atoms with E-state index in [4.69, 9.17) is 0 Å². The molecule has 0 unspecified atom stereocenters. The average molecular weight is 287 g/mol. The second-order valence-corrected chi connectivity index (χ2v) is 5.40. The van der Waals surface area contributed by atoms with Crippen molar-refractivity contribution in [3.8, 4) is 0 Å². The molecule has 2 nitrogen and oxygen atoms in total. The molecule has 1 N–H and O–H groups in total. The Morgan fingerprint density at radius 1 is 1.10 bits per heavy atom. The van der Waals surface area contributed by atoms with E-state index < -0.39 is 23.1 Å². The number of nitrogens with one attached hydrogen (secondary N) is 1. The standard InChI is InChI=1S/C17H15F2NO/c1-10-6-7-14(18)15(16(10)19)17(21)20-13-8-11-4-2-3-5-12(11)9-13/h2-7,13H,8-9H2,1H3,(H,20,21). The summed E-state index contributed by atoms with van der Waals surface area (Å²) < 4.78 is 27.7. The third-order valence-electron chi connectivity index (χ3n) is 3.90. The van der Waals surface area contributed by atoms with Crippen molar-refractivity contribution in [1.29, 1.82) is 0 Å². The van der Waals surface area contributed by atoms with E-state index in [9.17, 15) is 13.6 Å². The number of carbonyl (C=O) groups is 1. The molecule has 0 spiro atoms. The van der Waals surface area contributed by atoms with Crippen LogP contribution in [0.15, 0.2) is 36.4 Å². The second-order valence-electron chi connectivity index (χ2n) is 5.40. The molecule has 108 valence electrons. The van der Waals surface area contributed by atoms with Gasteiger partial charge in [-0.2, -0.15) is 0 Å². The molecule has 4 heteroatoms. The molecule has 21 heavy (non-hydrogen) atoms. The van der Waals surface area contributed by atoms with Gasteiger partial charge in [-0.3, -0.25) is 4.79 Å². The average Bonchev–Trinajstić information content (AvgIpc) is 2.85. The summed E-state index contributed by atoms with van der Waals surface area (Å²) in [6.07, 6.45) is 1.38. The Bertz CT molecular complexity index is 687. The lowest BCUT2D eigenvalue weighted by atomic mass is 10.1. The van der Waals surface area contributed by atoms with Crippen molar-refractivity contribution in [2.45, 2.75) is 25.8 Å². The highest BCUT2D eigenvalue weighted by Crippen LogP contribution is 2.23. The number of hydrogen-bond acceptors (Lipinski definition) is 1. The zero-order valence-corrected chi connectivity index (χ0v) is 11.6. The van der Waals surface area contributed by atoms with Crippen molar-refractivity contribution in [1.82, 2.24) is 5.32 Å². The molecule has 0 fully saturated rings. The van der Waals surface area contributed by atoms with Crippen LogP contribution in [0.1, 0.15) is 27.0 Å². The third-order valence-corrected chi connectivity index (χ3v) is 3.90. The predicted octanol–water partition coefficient (Wildman–Crippen LogP) is 3.17. The van der Waals surface area contributed by atoms with E-state index in [0.717, 1.165) is 6.07 Å². The van der Waals surface area contributed by atoms with Gasteiger partial charge in [-0.1, -0.05) is 30.3 Å². The number of halogens is 2. The zero-order valence-electron chi connectivity index (χ0n) is 11.6. The summed E-state index contributed by atoms with van der Waals surface area (Å²) in [7, 11) is 0. The monoisotopic (exact) mass is 287 g/mol. The summed E-state index contributed by atoms with van der Waals surface area (Å²) in [4.78, 5) is 12.2. The smallest absolute Gasteiger partial charge is 0.257 e. The number of hydrogen-bond donors (Lipinski definition) is 1. The highest BCUT2D eigenvalue weighted by Gasteiger charge is 2.26. The number of carbonyl (C=O) groups excluding carboxylic acids is 1. The molecule has 1 aliphatic carbocycles. The van der Waals surface area contributed by atoms with E-state index in [1.54, 1.807) is 0 Å². The van der Waals surface area contributed by atoms with Crippen molar-refractivity contribution in [2.75, 3.05) is 0 Å². The zero-order chi connectivity index (χ0) is 15.0. The second kappa shape index (κ2) is 5.28. The molecule has 0 saturated heterocycles. The lowest BCUT2D eigenvalue weighted by molar-refractivity contribution is 0.0930. The third kappa shape index (κ3) is 2.53. The molecule has 3 rings (SSSR count). The van der Waals surface area contributed by atoms with Crippen LogP contribution in [-0.2, 0) is 12.8 Å². The van der Waals surface area contributed by atoms with Crippen LogP contribution in [0.25, 0.3) is 0 Å². The summed E-state index contributed by atoms with van der Waals surface area (Å²) >= 11 is 0. The normalized spacial score (nSPS) is 14.0. The summed E-state index contributed by atoms with van der Waals surface area (Å²) in [6, 6.07) is 10.2. The van der Waals surface area contributed by atoms with Crippen LogP contribution in [0.2, 0.25) is 0 Å². The van der Waals surface area contributed by atoms with E-state index in [2.05, 4.69) is 5.32 Å². The van der Waals surface area contributed by atoms with Crippen LogP contribution >= 0.6 is 0 Å². The van der Waals surface area contributed by atoms with Crippen LogP contribution < -0.4 is 5.32 Å². The fraction of sp³-hybridized carbons (Fsp3) is 0.235. The Labute approximate surface area is 121 Å². The van der Waals surface area contributed by atoms with Gasteiger partial charge in [0, 0.05) is 6.04 Å². The van der Waals surface area contributed by atoms with E-state index in [1.165, 1.54) is 24.1 Å². The van der Waals surface area contributed by atoms with Gasteiger partial charge >= 0.3 is 0 Å². The molecular formula is C17H15F2NO. The summed E-state index contributed by atoms with van der Waals surface area (Å²) in [6.45, 7) is 1.51. The van der Waals surface area contributed by atoms with Gasteiger partial charge in [-0.05, 0) is 42.5 Å². The first-order valence-corrected chi connectivity index (χ1v) is 6.88. The van der Waals surface area contributed by atoms with Gasteiger partial charge < -0.3 is 5.32 Å². The Balaban J connectivity index is 1.79. The van der Waals surface area contributed by atoms with Crippen molar-refractivity contribution in [3.63, 3.8) is 0 Å². The minimum Gasteiger partial charge on any atom is -0.348 e. The molecule has 0 bridgehead atoms. The molecule has 1 aliphatic rings. The van der Waals surface area contributed by atoms with Crippen molar-refractivity contribution < 1.29 is 13.6 Å². The minimum absolute atomic E-state index is 0.116. The van der Waals surface area contributed by atoms with E-state index in [1.807, 2.05) is 24.3 Å². The topological polar surface area (TPSA) is 29.1 Å². The van der Waals surface area contributed by atoms with Crippen molar-refractivity contribution in [2.24, 2.45) is 0 Å². The fourth-order valence-electron chi connectivity index (χ4n) is 2.78. The van der Waals surface area contributed by atoms with Crippen LogP contribution in [0.3, 0.4) is 0 Å². The first kappa shape index (κ1) is 13.7. The number of rotatable bonds is 2. The molecule has 0 heterocycles. The number of amides is 1. The molecule has 2 aromatic rings. The maximum atomic E-state index is 13.9. The Hall–Kier alpha value is -2.23. The number of benzene rings is 2. The van der Waals surface area contributed by atoms with E-state index in [-0.39, 0.29) is 11.6 Å². The SMILES string of the molecule is Cc1ccc(F)c(C(=O)NC2Cc3ccccc3C2)c1F. The largest absolute Gasteiger partial charge is 0.348 e. The first-order chi connectivity index (χ1) is 10.1. The molecule has 2 aromatic carbocycles. The Morgan fingerprint density at radius 3 is 2.33 bits per heavy atom. The van der Waals surface area contributed by atoms with Crippen molar-refractivity contribution >= 4 is 5.91 Å². The van der Waals surface area contributed by atoms with Gasteiger partial charge in [0.2, 0.25) is 0 Å². The lowest BCUT2D eigenvalue weighted by Gasteiger charge is -2.13. The van der Waals surface area contributed by atoms with Gasteiger partial charge in [0.15, 0.2) is 0 Å². The molecule has 0 saturated carbocycles. The predicted molar refractivity (Wildman–Crippen MR) is 76.2 cm³/mol. The van der Waals surface area contributed by atoms with Crippen LogP contribution in [0.4, 0.5) is 8.78 Å². The molecular weight excluding hydrogens is 272 g/mol. The van der Waals surface area contributed by atoms with E-state index >= 15 is 0 Å². The highest BCUT2D eigenvalue weighted by atomic mass is 19.1. The maximum Gasteiger partial charge on any atom is 0.257 e. The van der Waals surface area contributed by atoms with E-state index in [0.29, 0.717) is 12.8 Å². The molecule has 0 radical (unpaired) electrons. The van der Waals surface area contributed by atoms with Crippen molar-refractivity contribution in [3.05, 3.63) is 70.3 Å². The molecule has 0 aliphatic heterocycles. The minimum atomic E-state index is -0.828.